The first-order chi connectivity index (χ1) is 11.5. The molecule has 1 amide bonds. The van der Waals surface area contributed by atoms with E-state index in [1.54, 1.807) is 18.2 Å². The largest absolute Gasteiger partial charge is 0.335 e. The van der Waals surface area contributed by atoms with Crippen molar-refractivity contribution in [2.24, 2.45) is 0 Å². The van der Waals surface area contributed by atoms with Crippen molar-refractivity contribution in [2.75, 3.05) is 6.54 Å². The predicted molar refractivity (Wildman–Crippen MR) is 95.0 cm³/mol. The summed E-state index contributed by atoms with van der Waals surface area (Å²) in [4.78, 5) is 16.8. The number of piperidine rings is 1. The van der Waals surface area contributed by atoms with Crippen molar-refractivity contribution in [3.8, 4) is 10.4 Å². The molecule has 2 aliphatic heterocycles. The molecular weight excluding hydrogens is 342 g/mol. The molecule has 0 spiro atoms. The van der Waals surface area contributed by atoms with E-state index in [9.17, 15) is 13.2 Å². The van der Waals surface area contributed by atoms with E-state index in [0.29, 0.717) is 9.77 Å². The molecule has 0 radical (unpaired) electrons. The van der Waals surface area contributed by atoms with Crippen molar-refractivity contribution in [1.29, 1.82) is 0 Å². The number of sulfone groups is 1. The maximum Gasteiger partial charge on any atom is 0.264 e. The van der Waals surface area contributed by atoms with Crippen LogP contribution in [0, 0.1) is 0 Å². The maximum absolute atomic E-state index is 12.9. The first-order valence-corrected chi connectivity index (χ1v) is 10.7. The van der Waals surface area contributed by atoms with E-state index >= 15 is 0 Å². The lowest BCUT2D eigenvalue weighted by molar-refractivity contribution is 0.0640. The molecule has 0 unspecified atom stereocenters. The van der Waals surface area contributed by atoms with Gasteiger partial charge in [0.2, 0.25) is 0 Å². The second-order valence-electron chi connectivity index (χ2n) is 6.56. The van der Waals surface area contributed by atoms with Gasteiger partial charge in [0.15, 0.2) is 9.84 Å². The Bertz CT molecular complexity index is 914. The molecule has 0 bridgehead atoms. The lowest BCUT2D eigenvalue weighted by Gasteiger charge is -2.33. The fourth-order valence-corrected chi connectivity index (χ4v) is 6.53. The first kappa shape index (κ1) is 15.8. The molecular formula is C18H19NO3S2. The monoisotopic (exact) mass is 361 g/mol. The van der Waals surface area contributed by atoms with E-state index in [1.807, 2.05) is 17.0 Å². The molecule has 1 fully saturated rings. The number of thiophene rings is 1. The Morgan fingerprint density at radius 2 is 2.04 bits per heavy atom. The van der Waals surface area contributed by atoms with Crippen LogP contribution in [0.2, 0.25) is 0 Å². The summed E-state index contributed by atoms with van der Waals surface area (Å²) in [6.45, 7) is 2.88. The van der Waals surface area contributed by atoms with Crippen LogP contribution in [0.5, 0.6) is 0 Å². The van der Waals surface area contributed by atoms with Crippen molar-refractivity contribution >= 4 is 27.1 Å². The molecule has 1 atom stereocenters. The van der Waals surface area contributed by atoms with E-state index < -0.39 is 9.84 Å². The molecule has 4 rings (SSSR count). The summed E-state index contributed by atoms with van der Waals surface area (Å²) >= 11 is 1.43. The van der Waals surface area contributed by atoms with Gasteiger partial charge in [-0.25, -0.2) is 8.42 Å². The van der Waals surface area contributed by atoms with Crippen molar-refractivity contribution in [2.45, 2.75) is 42.9 Å². The van der Waals surface area contributed by atoms with Crippen LogP contribution in [0.4, 0.5) is 0 Å². The molecule has 24 heavy (non-hydrogen) atoms. The van der Waals surface area contributed by atoms with E-state index in [2.05, 4.69) is 6.92 Å². The number of benzene rings is 1. The number of likely N-dealkylation sites (tertiary alicyclic amines) is 1. The minimum Gasteiger partial charge on any atom is -0.335 e. The molecule has 6 heteroatoms. The van der Waals surface area contributed by atoms with E-state index in [4.69, 9.17) is 0 Å². The van der Waals surface area contributed by atoms with Gasteiger partial charge in [0.1, 0.15) is 0 Å². The zero-order chi connectivity index (χ0) is 16.9. The molecule has 1 aromatic carbocycles. The highest BCUT2D eigenvalue weighted by Crippen LogP contribution is 2.43. The first-order valence-electron chi connectivity index (χ1n) is 8.23. The second kappa shape index (κ2) is 5.70. The van der Waals surface area contributed by atoms with Crippen LogP contribution in [-0.4, -0.2) is 31.8 Å². The Labute approximate surface area is 146 Å². The zero-order valence-electron chi connectivity index (χ0n) is 13.5. The summed E-state index contributed by atoms with van der Waals surface area (Å²) < 4.78 is 25.0. The summed E-state index contributed by atoms with van der Waals surface area (Å²) in [5.41, 5.74) is 1.49. The Morgan fingerprint density at radius 1 is 1.25 bits per heavy atom. The number of rotatable bonds is 1. The molecule has 3 heterocycles. The van der Waals surface area contributed by atoms with Gasteiger partial charge in [-0.1, -0.05) is 18.2 Å². The fourth-order valence-electron chi connectivity index (χ4n) is 3.62. The highest BCUT2D eigenvalue weighted by Gasteiger charge is 2.32. The summed E-state index contributed by atoms with van der Waals surface area (Å²) in [7, 11) is -3.32. The summed E-state index contributed by atoms with van der Waals surface area (Å²) in [6, 6.07) is 9.12. The topological polar surface area (TPSA) is 54.5 Å². The summed E-state index contributed by atoms with van der Waals surface area (Å²) in [5, 5.41) is 0. The number of amides is 1. The number of carbonyl (C=O) groups is 1. The fraction of sp³-hybridized carbons (Fsp3) is 0.389. The zero-order valence-corrected chi connectivity index (χ0v) is 15.1. The van der Waals surface area contributed by atoms with Gasteiger partial charge in [-0.15, -0.1) is 11.3 Å². The number of hydrogen-bond acceptors (Lipinski definition) is 4. The van der Waals surface area contributed by atoms with E-state index in [-0.39, 0.29) is 17.7 Å². The molecule has 126 valence electrons. The van der Waals surface area contributed by atoms with Crippen LogP contribution in [0.15, 0.2) is 35.2 Å². The predicted octanol–water partition coefficient (Wildman–Crippen LogP) is 3.72. The highest BCUT2D eigenvalue weighted by atomic mass is 32.2. The van der Waals surface area contributed by atoms with Crippen LogP contribution < -0.4 is 0 Å². The van der Waals surface area contributed by atoms with Crippen molar-refractivity contribution in [3.05, 3.63) is 40.8 Å². The second-order valence-corrected chi connectivity index (χ2v) is 9.57. The third kappa shape index (κ3) is 2.48. The van der Waals surface area contributed by atoms with Gasteiger partial charge in [0.05, 0.1) is 15.5 Å². The molecule has 0 saturated carbocycles. The number of fused-ring (bicyclic) bond motifs is 3. The molecule has 2 aliphatic rings. The smallest absolute Gasteiger partial charge is 0.264 e. The number of hydrogen-bond donors (Lipinski definition) is 0. The number of nitrogens with zero attached hydrogens (tertiary/aromatic N) is 1. The third-order valence-corrected chi connectivity index (χ3v) is 7.81. The minimum absolute atomic E-state index is 0.0152. The van der Waals surface area contributed by atoms with Gasteiger partial charge in [0.25, 0.3) is 5.91 Å². The Balaban J connectivity index is 1.76. The molecule has 2 aromatic rings. The SMILES string of the molecule is C[C@@H]1CCCCN1C(=O)c1cc2c(s1)-c1ccccc1S(=O)(=O)C2. The van der Waals surface area contributed by atoms with Gasteiger partial charge >= 0.3 is 0 Å². The van der Waals surface area contributed by atoms with Crippen LogP contribution in [0.3, 0.4) is 0 Å². The van der Waals surface area contributed by atoms with Crippen molar-refractivity contribution in [1.82, 2.24) is 4.90 Å². The van der Waals surface area contributed by atoms with Crippen molar-refractivity contribution < 1.29 is 13.2 Å². The average molecular weight is 361 g/mol. The molecule has 0 aliphatic carbocycles. The average Bonchev–Trinajstić information content (AvgIpc) is 2.98. The van der Waals surface area contributed by atoms with Crippen LogP contribution in [0.25, 0.3) is 10.4 Å². The van der Waals surface area contributed by atoms with Crippen LogP contribution in [0.1, 0.15) is 41.4 Å². The van der Waals surface area contributed by atoms with Gasteiger partial charge < -0.3 is 4.90 Å². The summed E-state index contributed by atoms with van der Waals surface area (Å²) in [5.74, 6) is 0.0232. The Kier molecular flexibility index (Phi) is 3.77. The molecule has 1 saturated heterocycles. The third-order valence-electron chi connectivity index (χ3n) is 4.90. The lowest BCUT2D eigenvalue weighted by Crippen LogP contribution is -2.41. The van der Waals surface area contributed by atoms with Crippen LogP contribution >= 0.6 is 11.3 Å². The number of carbonyl (C=O) groups excluding carboxylic acids is 1. The van der Waals surface area contributed by atoms with Crippen LogP contribution in [-0.2, 0) is 15.6 Å². The lowest BCUT2D eigenvalue weighted by atomic mass is 10.0. The van der Waals surface area contributed by atoms with Gasteiger partial charge in [-0.2, -0.15) is 0 Å². The van der Waals surface area contributed by atoms with Gasteiger partial charge in [-0.3, -0.25) is 4.79 Å². The quantitative estimate of drug-likeness (QED) is 0.778. The Hall–Kier alpha value is -1.66. The Morgan fingerprint density at radius 3 is 2.83 bits per heavy atom. The molecule has 1 aromatic heterocycles. The maximum atomic E-state index is 12.9. The van der Waals surface area contributed by atoms with Gasteiger partial charge in [0, 0.05) is 23.0 Å². The summed E-state index contributed by atoms with van der Waals surface area (Å²) in [6.07, 6.45) is 3.24. The standard InChI is InChI=1S/C18H19NO3S2/c1-12-6-4-5-9-19(12)18(20)15-10-13-11-24(21,22)16-8-3-2-7-14(16)17(13)23-15/h2-3,7-8,10,12H,4-6,9,11H2,1H3/t12-/m1/s1. The minimum atomic E-state index is -3.32. The van der Waals surface area contributed by atoms with E-state index in [0.717, 1.165) is 41.8 Å². The van der Waals surface area contributed by atoms with Crippen molar-refractivity contribution in [3.63, 3.8) is 0 Å². The highest BCUT2D eigenvalue weighted by molar-refractivity contribution is 7.91. The van der Waals surface area contributed by atoms with E-state index in [1.165, 1.54) is 11.3 Å². The molecule has 4 nitrogen and oxygen atoms in total. The van der Waals surface area contributed by atoms with Gasteiger partial charge in [-0.05, 0) is 43.9 Å². The normalized spacial score (nSPS) is 21.9. The molecule has 0 N–H and O–H groups in total.